The molecule has 152 valence electrons. The third-order valence-corrected chi connectivity index (χ3v) is 4.74. The normalized spacial score (nSPS) is 12.0. The van der Waals surface area contributed by atoms with Crippen LogP contribution >= 0.6 is 11.6 Å². The van der Waals surface area contributed by atoms with Gasteiger partial charge in [-0.15, -0.1) is 0 Å². The van der Waals surface area contributed by atoms with Gasteiger partial charge in [0, 0.05) is 6.54 Å². The molecule has 0 fully saturated rings. The molecule has 0 bridgehead atoms. The Kier molecular flexibility index (Phi) is 7.07. The van der Waals surface area contributed by atoms with E-state index in [9.17, 15) is 9.59 Å². The Bertz CT molecular complexity index is 877. The minimum absolute atomic E-state index is 0.241. The molecule has 0 aliphatic carbocycles. The maximum atomic E-state index is 12.5. The lowest BCUT2D eigenvalue weighted by atomic mass is 10.1. The van der Waals surface area contributed by atoms with Crippen molar-refractivity contribution in [3.63, 3.8) is 0 Å². The molecule has 1 aromatic carbocycles. The van der Waals surface area contributed by atoms with Gasteiger partial charge in [-0.3, -0.25) is 25.1 Å². The van der Waals surface area contributed by atoms with Gasteiger partial charge in [-0.05, 0) is 50.8 Å². The van der Waals surface area contributed by atoms with Gasteiger partial charge in [0.1, 0.15) is 16.5 Å². The summed E-state index contributed by atoms with van der Waals surface area (Å²) in [5.41, 5.74) is 7.54. The van der Waals surface area contributed by atoms with E-state index in [-0.39, 0.29) is 10.7 Å². The summed E-state index contributed by atoms with van der Waals surface area (Å²) in [7, 11) is 0. The summed E-state index contributed by atoms with van der Waals surface area (Å²) in [5, 5.41) is 4.54. The molecule has 2 aromatic rings. The van der Waals surface area contributed by atoms with Crippen molar-refractivity contribution >= 4 is 23.4 Å². The average Bonchev–Trinajstić information content (AvgIpc) is 2.89. The molecule has 0 spiro atoms. The Morgan fingerprint density at radius 1 is 1.18 bits per heavy atom. The summed E-state index contributed by atoms with van der Waals surface area (Å²) < 4.78 is 7.30. The lowest BCUT2D eigenvalue weighted by molar-refractivity contribution is -0.128. The molecule has 2 rings (SSSR count). The number of amides is 2. The highest BCUT2D eigenvalue weighted by atomic mass is 35.5. The van der Waals surface area contributed by atoms with Crippen LogP contribution in [-0.4, -0.2) is 27.7 Å². The first-order valence-electron chi connectivity index (χ1n) is 9.17. The molecular weight excluding hydrogens is 380 g/mol. The zero-order valence-corrected chi connectivity index (χ0v) is 17.8. The van der Waals surface area contributed by atoms with Crippen LogP contribution in [0.25, 0.3) is 0 Å². The standard InChI is InChI=1S/C20H27ClN4O3/c1-11(2)10-25-18(21)17(14(5)24-25)20(27)23-22-19(26)15(6)28-16-9-7-8-12(3)13(16)4/h7-9,11,15H,10H2,1-6H3,(H,22,26)(H,23,27). The number of nitrogens with one attached hydrogen (secondary N) is 2. The first-order chi connectivity index (χ1) is 13.1. The zero-order chi connectivity index (χ0) is 21.0. The summed E-state index contributed by atoms with van der Waals surface area (Å²) in [6.45, 7) is 11.9. The molecule has 0 radical (unpaired) electrons. The van der Waals surface area contributed by atoms with Crippen LogP contribution in [0.3, 0.4) is 0 Å². The number of aromatic nitrogens is 2. The van der Waals surface area contributed by atoms with Gasteiger partial charge in [-0.2, -0.15) is 5.10 Å². The van der Waals surface area contributed by atoms with Crippen LogP contribution in [0, 0.1) is 26.7 Å². The van der Waals surface area contributed by atoms with Gasteiger partial charge in [0.25, 0.3) is 11.8 Å². The van der Waals surface area contributed by atoms with Crippen molar-refractivity contribution in [2.75, 3.05) is 0 Å². The maximum Gasteiger partial charge on any atom is 0.279 e. The Balaban J connectivity index is 1.99. The van der Waals surface area contributed by atoms with Crippen molar-refractivity contribution < 1.29 is 14.3 Å². The van der Waals surface area contributed by atoms with E-state index in [1.807, 2.05) is 39.8 Å². The second-order valence-electron chi connectivity index (χ2n) is 7.23. The zero-order valence-electron chi connectivity index (χ0n) is 17.1. The van der Waals surface area contributed by atoms with Gasteiger partial charge in [0.2, 0.25) is 0 Å². The molecule has 0 aliphatic rings. The van der Waals surface area contributed by atoms with Gasteiger partial charge in [-0.25, -0.2) is 0 Å². The minimum atomic E-state index is -0.791. The fourth-order valence-corrected chi connectivity index (χ4v) is 2.99. The van der Waals surface area contributed by atoms with E-state index in [4.69, 9.17) is 16.3 Å². The van der Waals surface area contributed by atoms with Crippen LogP contribution in [0.1, 0.15) is 48.0 Å². The van der Waals surface area contributed by atoms with Crippen LogP contribution in [0.5, 0.6) is 5.75 Å². The van der Waals surface area contributed by atoms with Gasteiger partial charge in [0.05, 0.1) is 5.69 Å². The largest absolute Gasteiger partial charge is 0.481 e. The number of nitrogens with zero attached hydrogens (tertiary/aromatic N) is 2. The number of hydrogen-bond acceptors (Lipinski definition) is 4. The fraction of sp³-hybridized carbons (Fsp3) is 0.450. The van der Waals surface area contributed by atoms with E-state index in [2.05, 4.69) is 16.0 Å². The summed E-state index contributed by atoms with van der Waals surface area (Å²) in [6, 6.07) is 5.64. The van der Waals surface area contributed by atoms with Crippen molar-refractivity contribution in [3.05, 3.63) is 45.7 Å². The smallest absolute Gasteiger partial charge is 0.279 e. The molecule has 0 aliphatic heterocycles. The average molecular weight is 407 g/mol. The molecule has 2 amide bonds. The Morgan fingerprint density at radius 2 is 1.86 bits per heavy atom. The lowest BCUT2D eigenvalue weighted by Crippen LogP contribution is -2.47. The van der Waals surface area contributed by atoms with E-state index in [0.717, 1.165) is 11.1 Å². The number of ether oxygens (including phenoxy) is 1. The molecule has 2 N–H and O–H groups in total. The lowest BCUT2D eigenvalue weighted by Gasteiger charge is -2.17. The second-order valence-corrected chi connectivity index (χ2v) is 7.59. The fourth-order valence-electron chi connectivity index (χ4n) is 2.66. The van der Waals surface area contributed by atoms with Gasteiger partial charge >= 0.3 is 0 Å². The quantitative estimate of drug-likeness (QED) is 0.720. The molecular formula is C20H27ClN4O3. The van der Waals surface area contributed by atoms with Crippen LogP contribution in [0.4, 0.5) is 0 Å². The van der Waals surface area contributed by atoms with Crippen molar-refractivity contribution in [3.8, 4) is 5.75 Å². The molecule has 28 heavy (non-hydrogen) atoms. The summed E-state index contributed by atoms with van der Waals surface area (Å²) in [4.78, 5) is 24.8. The molecule has 1 heterocycles. The van der Waals surface area contributed by atoms with Crippen molar-refractivity contribution in [1.29, 1.82) is 0 Å². The molecule has 1 unspecified atom stereocenters. The van der Waals surface area contributed by atoms with Crippen molar-refractivity contribution in [1.82, 2.24) is 20.6 Å². The Labute approximate surface area is 170 Å². The second kappa shape index (κ2) is 9.10. The minimum Gasteiger partial charge on any atom is -0.481 e. The Morgan fingerprint density at radius 3 is 2.50 bits per heavy atom. The third kappa shape index (κ3) is 5.04. The number of carbonyl (C=O) groups excluding carboxylic acids is 2. The number of benzene rings is 1. The summed E-state index contributed by atoms with van der Waals surface area (Å²) in [5.74, 6) is -0.0410. The predicted octanol–water partition coefficient (Wildman–Crippen LogP) is 3.35. The van der Waals surface area contributed by atoms with E-state index < -0.39 is 17.9 Å². The molecule has 8 heteroatoms. The van der Waals surface area contributed by atoms with Gasteiger partial charge in [0.15, 0.2) is 6.10 Å². The molecule has 1 atom stereocenters. The number of aryl methyl sites for hydroxylation is 2. The van der Waals surface area contributed by atoms with Crippen molar-refractivity contribution in [2.45, 2.75) is 54.2 Å². The summed E-state index contributed by atoms with van der Waals surface area (Å²) >= 11 is 6.29. The maximum absolute atomic E-state index is 12.5. The molecule has 0 saturated carbocycles. The monoisotopic (exact) mass is 406 g/mol. The van der Waals surface area contributed by atoms with Crippen LogP contribution in [0.15, 0.2) is 18.2 Å². The van der Waals surface area contributed by atoms with Crippen molar-refractivity contribution in [2.24, 2.45) is 5.92 Å². The number of rotatable bonds is 6. The molecule has 1 aromatic heterocycles. The van der Waals surface area contributed by atoms with Gasteiger partial charge < -0.3 is 4.74 Å². The van der Waals surface area contributed by atoms with Gasteiger partial charge in [-0.1, -0.05) is 37.6 Å². The number of hydrazine groups is 1. The van der Waals surface area contributed by atoms with E-state index in [0.29, 0.717) is 23.9 Å². The number of halogens is 1. The highest BCUT2D eigenvalue weighted by Crippen LogP contribution is 2.22. The summed E-state index contributed by atoms with van der Waals surface area (Å²) in [6.07, 6.45) is -0.791. The first kappa shape index (κ1) is 21.8. The van der Waals surface area contributed by atoms with E-state index in [1.165, 1.54) is 0 Å². The third-order valence-electron chi connectivity index (χ3n) is 4.36. The SMILES string of the molecule is Cc1cccc(OC(C)C(=O)NNC(=O)c2c(C)nn(CC(C)C)c2Cl)c1C. The highest BCUT2D eigenvalue weighted by Gasteiger charge is 2.22. The van der Waals surface area contributed by atoms with Crippen LogP contribution in [-0.2, 0) is 11.3 Å². The van der Waals surface area contributed by atoms with Crippen LogP contribution in [0.2, 0.25) is 5.15 Å². The predicted molar refractivity (Wildman–Crippen MR) is 108 cm³/mol. The first-order valence-corrected chi connectivity index (χ1v) is 9.55. The number of hydrogen-bond donors (Lipinski definition) is 2. The molecule has 7 nitrogen and oxygen atoms in total. The highest BCUT2D eigenvalue weighted by molar-refractivity contribution is 6.33. The van der Waals surface area contributed by atoms with E-state index >= 15 is 0 Å². The Hall–Kier alpha value is -2.54. The van der Waals surface area contributed by atoms with E-state index in [1.54, 1.807) is 24.6 Å². The van der Waals surface area contributed by atoms with Crippen LogP contribution < -0.4 is 15.6 Å². The number of carbonyl (C=O) groups is 2. The molecule has 0 saturated heterocycles. The topological polar surface area (TPSA) is 85.2 Å².